The molecule has 2 nitrogen and oxygen atoms in total. The van der Waals surface area contributed by atoms with E-state index in [2.05, 4.69) is 54.0 Å². The predicted molar refractivity (Wildman–Crippen MR) is 86.1 cm³/mol. The van der Waals surface area contributed by atoms with Gasteiger partial charge in [-0.25, -0.2) is 0 Å². The average molecular weight is 285 g/mol. The van der Waals surface area contributed by atoms with Crippen molar-refractivity contribution in [3.8, 4) is 5.75 Å². The highest BCUT2D eigenvalue weighted by Gasteiger charge is 2.11. The van der Waals surface area contributed by atoms with Gasteiger partial charge < -0.3 is 10.1 Å². The van der Waals surface area contributed by atoms with E-state index in [0.717, 1.165) is 31.7 Å². The van der Waals surface area contributed by atoms with Gasteiger partial charge in [-0.1, -0.05) is 18.2 Å². The molecule has 0 atom stereocenters. The molecule has 3 rings (SSSR count). The van der Waals surface area contributed by atoms with Crippen molar-refractivity contribution < 1.29 is 4.74 Å². The smallest absolute Gasteiger partial charge is 0.122 e. The Morgan fingerprint density at radius 3 is 3.05 bits per heavy atom. The standard InChI is InChI=1S/C17H19NOS/c1-20-16-4-2-3-15(12-16)18-9-7-13-5-6-17-14(11-13)8-10-19-17/h2-6,11-12,18H,7-10H2,1H3. The van der Waals surface area contributed by atoms with Crippen LogP contribution in [0.25, 0.3) is 0 Å². The van der Waals surface area contributed by atoms with Gasteiger partial charge in [-0.2, -0.15) is 0 Å². The number of nitrogens with one attached hydrogen (secondary N) is 1. The van der Waals surface area contributed by atoms with E-state index in [9.17, 15) is 0 Å². The van der Waals surface area contributed by atoms with Gasteiger partial charge in [0.25, 0.3) is 0 Å². The van der Waals surface area contributed by atoms with Crippen molar-refractivity contribution in [2.45, 2.75) is 17.7 Å². The average Bonchev–Trinajstić information content (AvgIpc) is 2.95. The van der Waals surface area contributed by atoms with Gasteiger partial charge in [-0.05, 0) is 48.1 Å². The molecule has 0 bridgehead atoms. The molecule has 0 saturated heterocycles. The summed E-state index contributed by atoms with van der Waals surface area (Å²) in [5.41, 5.74) is 3.93. The molecule has 104 valence electrons. The first-order valence-corrected chi connectivity index (χ1v) is 8.20. The topological polar surface area (TPSA) is 21.3 Å². The Hall–Kier alpha value is -1.61. The van der Waals surface area contributed by atoms with Crippen LogP contribution in [-0.2, 0) is 12.8 Å². The van der Waals surface area contributed by atoms with E-state index in [4.69, 9.17) is 4.74 Å². The lowest BCUT2D eigenvalue weighted by molar-refractivity contribution is 0.357. The van der Waals surface area contributed by atoms with Crippen molar-refractivity contribution in [2.24, 2.45) is 0 Å². The SMILES string of the molecule is CSc1cccc(NCCc2ccc3c(c2)CCO3)c1. The zero-order valence-electron chi connectivity index (χ0n) is 11.7. The summed E-state index contributed by atoms with van der Waals surface area (Å²) in [5, 5.41) is 3.49. The van der Waals surface area contributed by atoms with Gasteiger partial charge >= 0.3 is 0 Å². The Labute approximate surface area is 124 Å². The number of ether oxygens (including phenoxy) is 1. The summed E-state index contributed by atoms with van der Waals surface area (Å²) in [6, 6.07) is 15.1. The van der Waals surface area contributed by atoms with Crippen molar-refractivity contribution in [1.29, 1.82) is 0 Å². The lowest BCUT2D eigenvalue weighted by Crippen LogP contribution is -2.04. The fraction of sp³-hybridized carbons (Fsp3) is 0.294. The number of hydrogen-bond donors (Lipinski definition) is 1. The summed E-state index contributed by atoms with van der Waals surface area (Å²) in [4.78, 5) is 1.30. The molecular formula is C17H19NOS. The van der Waals surface area contributed by atoms with Gasteiger partial charge in [0.05, 0.1) is 6.61 Å². The number of thioether (sulfide) groups is 1. The zero-order valence-corrected chi connectivity index (χ0v) is 12.5. The van der Waals surface area contributed by atoms with Crippen LogP contribution in [0.15, 0.2) is 47.4 Å². The fourth-order valence-electron chi connectivity index (χ4n) is 2.48. The Morgan fingerprint density at radius 2 is 2.15 bits per heavy atom. The van der Waals surface area contributed by atoms with Crippen LogP contribution in [0, 0.1) is 0 Å². The normalized spacial score (nSPS) is 12.8. The van der Waals surface area contributed by atoms with E-state index in [0.29, 0.717) is 0 Å². The monoisotopic (exact) mass is 285 g/mol. The van der Waals surface area contributed by atoms with Gasteiger partial charge in [-0.15, -0.1) is 11.8 Å². The van der Waals surface area contributed by atoms with E-state index in [1.54, 1.807) is 11.8 Å². The van der Waals surface area contributed by atoms with Crippen LogP contribution in [0.1, 0.15) is 11.1 Å². The Kier molecular flexibility index (Phi) is 4.16. The van der Waals surface area contributed by atoms with E-state index >= 15 is 0 Å². The zero-order chi connectivity index (χ0) is 13.8. The molecule has 0 aliphatic carbocycles. The van der Waals surface area contributed by atoms with E-state index in [1.807, 2.05) is 0 Å². The van der Waals surface area contributed by atoms with Gasteiger partial charge in [0.15, 0.2) is 0 Å². The van der Waals surface area contributed by atoms with Gasteiger partial charge in [0, 0.05) is 23.5 Å². The molecule has 1 aliphatic rings. The molecule has 0 radical (unpaired) electrons. The summed E-state index contributed by atoms with van der Waals surface area (Å²) in [6.07, 6.45) is 4.19. The Morgan fingerprint density at radius 1 is 1.20 bits per heavy atom. The second kappa shape index (κ2) is 6.23. The maximum absolute atomic E-state index is 5.53. The third-order valence-electron chi connectivity index (χ3n) is 3.57. The van der Waals surface area contributed by atoms with Crippen LogP contribution in [0.2, 0.25) is 0 Å². The number of fused-ring (bicyclic) bond motifs is 1. The molecule has 0 saturated carbocycles. The number of rotatable bonds is 5. The largest absolute Gasteiger partial charge is 0.493 e. The molecule has 0 fully saturated rings. The predicted octanol–water partition coefficient (Wildman–Crippen LogP) is 4.00. The molecule has 3 heteroatoms. The van der Waals surface area contributed by atoms with Crippen LogP contribution in [0.4, 0.5) is 5.69 Å². The van der Waals surface area contributed by atoms with Crippen LogP contribution in [0.5, 0.6) is 5.75 Å². The highest BCUT2D eigenvalue weighted by Crippen LogP contribution is 2.26. The highest BCUT2D eigenvalue weighted by molar-refractivity contribution is 7.98. The maximum atomic E-state index is 5.53. The summed E-state index contributed by atoms with van der Waals surface area (Å²) in [7, 11) is 0. The number of hydrogen-bond acceptors (Lipinski definition) is 3. The first-order chi connectivity index (χ1) is 9.85. The molecule has 1 aliphatic heterocycles. The Balaban J connectivity index is 1.57. The molecule has 0 spiro atoms. The maximum Gasteiger partial charge on any atom is 0.122 e. The van der Waals surface area contributed by atoms with Crippen LogP contribution in [0.3, 0.4) is 0 Å². The van der Waals surface area contributed by atoms with Gasteiger partial charge in [0.2, 0.25) is 0 Å². The van der Waals surface area contributed by atoms with Crippen molar-refractivity contribution in [3.63, 3.8) is 0 Å². The van der Waals surface area contributed by atoms with Crippen molar-refractivity contribution in [2.75, 3.05) is 24.7 Å². The van der Waals surface area contributed by atoms with Gasteiger partial charge in [-0.3, -0.25) is 0 Å². The van der Waals surface area contributed by atoms with Crippen molar-refractivity contribution in [3.05, 3.63) is 53.6 Å². The second-order valence-electron chi connectivity index (χ2n) is 4.95. The molecule has 2 aromatic carbocycles. The number of benzene rings is 2. The summed E-state index contributed by atoms with van der Waals surface area (Å²) >= 11 is 1.77. The fourth-order valence-corrected chi connectivity index (χ4v) is 2.94. The third kappa shape index (κ3) is 3.10. The summed E-state index contributed by atoms with van der Waals surface area (Å²) in [6.45, 7) is 1.79. The minimum Gasteiger partial charge on any atom is -0.493 e. The Bertz CT molecular complexity index is 597. The lowest BCUT2D eigenvalue weighted by Gasteiger charge is -2.08. The molecule has 0 unspecified atom stereocenters. The first-order valence-electron chi connectivity index (χ1n) is 6.98. The number of anilines is 1. The molecule has 20 heavy (non-hydrogen) atoms. The van der Waals surface area contributed by atoms with Crippen molar-refractivity contribution in [1.82, 2.24) is 0 Å². The quantitative estimate of drug-likeness (QED) is 0.839. The van der Waals surface area contributed by atoms with Crippen LogP contribution in [-0.4, -0.2) is 19.4 Å². The van der Waals surface area contributed by atoms with Gasteiger partial charge in [0.1, 0.15) is 5.75 Å². The molecule has 1 heterocycles. The van der Waals surface area contributed by atoms with E-state index in [1.165, 1.54) is 21.7 Å². The first kappa shape index (κ1) is 13.4. The summed E-state index contributed by atoms with van der Waals surface area (Å²) < 4.78 is 5.53. The lowest BCUT2D eigenvalue weighted by atomic mass is 10.1. The van der Waals surface area contributed by atoms with Crippen molar-refractivity contribution >= 4 is 17.4 Å². The molecule has 0 amide bonds. The second-order valence-corrected chi connectivity index (χ2v) is 5.83. The minimum atomic E-state index is 0.832. The van der Waals surface area contributed by atoms with Crippen LogP contribution < -0.4 is 10.1 Å². The third-order valence-corrected chi connectivity index (χ3v) is 4.29. The minimum absolute atomic E-state index is 0.832. The van der Waals surface area contributed by atoms with E-state index < -0.39 is 0 Å². The molecular weight excluding hydrogens is 266 g/mol. The molecule has 0 aromatic heterocycles. The summed E-state index contributed by atoms with van der Waals surface area (Å²) in [5.74, 6) is 1.06. The van der Waals surface area contributed by atoms with Crippen LogP contribution >= 0.6 is 11.8 Å². The molecule has 2 aromatic rings. The highest BCUT2D eigenvalue weighted by atomic mass is 32.2. The van der Waals surface area contributed by atoms with E-state index in [-0.39, 0.29) is 0 Å². The molecule has 1 N–H and O–H groups in total.